The number of aromatic carboxylic acids is 2. The normalized spacial score (nSPS) is 16.5. The zero-order valence-electron chi connectivity index (χ0n) is 15.4. The molecule has 0 aromatic heterocycles. The average molecular weight is 412 g/mol. The molecule has 0 bridgehead atoms. The number of rotatable bonds is 5. The molecule has 9 heteroatoms. The molecule has 0 unspecified atom stereocenters. The van der Waals surface area contributed by atoms with Gasteiger partial charge in [-0.15, -0.1) is 0 Å². The monoisotopic (exact) mass is 412 g/mol. The number of carbonyl (C=O) groups is 3. The minimum atomic E-state index is -1.27. The Labute approximate surface area is 169 Å². The SMILES string of the molecule is COc1cccc(/C(C)=C2\SC(=Nc3cc(C(=O)O)cc(C(=O)O)c3)NC2=O)c1. The van der Waals surface area contributed by atoms with Gasteiger partial charge in [-0.05, 0) is 60.2 Å². The molecule has 1 saturated heterocycles. The van der Waals surface area contributed by atoms with Gasteiger partial charge in [0.15, 0.2) is 5.17 Å². The molecule has 1 aliphatic heterocycles. The van der Waals surface area contributed by atoms with E-state index in [9.17, 15) is 14.4 Å². The van der Waals surface area contributed by atoms with Gasteiger partial charge < -0.3 is 20.3 Å². The van der Waals surface area contributed by atoms with Crippen molar-refractivity contribution in [2.24, 2.45) is 4.99 Å². The van der Waals surface area contributed by atoms with Gasteiger partial charge in [0.2, 0.25) is 0 Å². The molecular weight excluding hydrogens is 396 g/mol. The maximum absolute atomic E-state index is 12.4. The molecule has 2 aromatic carbocycles. The summed E-state index contributed by atoms with van der Waals surface area (Å²) in [5.74, 6) is -2.23. The molecular formula is C20H16N2O6S. The molecule has 2 aromatic rings. The van der Waals surface area contributed by atoms with E-state index in [0.29, 0.717) is 10.7 Å². The average Bonchev–Trinajstić information content (AvgIpc) is 3.06. The lowest BCUT2D eigenvalue weighted by Crippen LogP contribution is -2.19. The third-order valence-electron chi connectivity index (χ3n) is 4.11. The zero-order chi connectivity index (χ0) is 21.1. The van der Waals surface area contributed by atoms with Gasteiger partial charge in [0, 0.05) is 0 Å². The number of allylic oxidation sites excluding steroid dienone is 1. The van der Waals surface area contributed by atoms with Crippen LogP contribution >= 0.6 is 11.8 Å². The number of hydrogen-bond donors (Lipinski definition) is 3. The topological polar surface area (TPSA) is 125 Å². The summed E-state index contributed by atoms with van der Waals surface area (Å²) in [5, 5.41) is 21.2. The van der Waals surface area contributed by atoms with E-state index in [4.69, 9.17) is 14.9 Å². The Kier molecular flexibility index (Phi) is 5.69. The first-order chi connectivity index (χ1) is 13.8. The second kappa shape index (κ2) is 8.19. The highest BCUT2D eigenvalue weighted by molar-refractivity contribution is 8.18. The van der Waals surface area contributed by atoms with Crippen molar-refractivity contribution in [3.05, 3.63) is 64.1 Å². The van der Waals surface area contributed by atoms with Gasteiger partial charge >= 0.3 is 11.9 Å². The van der Waals surface area contributed by atoms with Crippen molar-refractivity contribution in [3.8, 4) is 5.75 Å². The summed E-state index contributed by atoms with van der Waals surface area (Å²) in [7, 11) is 1.56. The Morgan fingerprint density at radius 3 is 2.28 bits per heavy atom. The van der Waals surface area contributed by atoms with Crippen molar-refractivity contribution in [2.75, 3.05) is 7.11 Å². The summed E-state index contributed by atoms with van der Waals surface area (Å²) in [4.78, 5) is 39.5. The predicted octanol–water partition coefficient (Wildman–Crippen LogP) is 3.37. The third-order valence-corrected chi connectivity index (χ3v) is 5.19. The first-order valence-electron chi connectivity index (χ1n) is 8.33. The van der Waals surface area contributed by atoms with Crippen LogP contribution in [0.15, 0.2) is 52.4 Å². The highest BCUT2D eigenvalue weighted by Gasteiger charge is 2.26. The Morgan fingerprint density at radius 1 is 1.03 bits per heavy atom. The molecule has 0 spiro atoms. The van der Waals surface area contributed by atoms with E-state index in [-0.39, 0.29) is 27.9 Å². The fourth-order valence-corrected chi connectivity index (χ4v) is 3.55. The number of carboxylic acid groups (broad SMARTS) is 2. The number of carboxylic acids is 2. The van der Waals surface area contributed by atoms with E-state index in [1.165, 1.54) is 12.1 Å². The lowest BCUT2D eigenvalue weighted by Gasteiger charge is -2.06. The van der Waals surface area contributed by atoms with Gasteiger partial charge in [0.1, 0.15) is 5.75 Å². The summed E-state index contributed by atoms with van der Waals surface area (Å²) in [5.41, 5.74) is 1.24. The highest BCUT2D eigenvalue weighted by atomic mass is 32.2. The van der Waals surface area contributed by atoms with Crippen molar-refractivity contribution in [1.82, 2.24) is 5.32 Å². The zero-order valence-corrected chi connectivity index (χ0v) is 16.2. The number of nitrogens with zero attached hydrogens (tertiary/aromatic N) is 1. The van der Waals surface area contributed by atoms with Crippen LogP contribution in [0, 0.1) is 0 Å². The fraction of sp³-hybridized carbons (Fsp3) is 0.100. The molecule has 0 atom stereocenters. The van der Waals surface area contributed by atoms with E-state index >= 15 is 0 Å². The van der Waals surface area contributed by atoms with Crippen molar-refractivity contribution < 1.29 is 29.3 Å². The number of hydrogen-bond acceptors (Lipinski definition) is 6. The van der Waals surface area contributed by atoms with E-state index in [1.807, 2.05) is 12.1 Å². The number of amides is 1. The molecule has 3 rings (SSSR count). The Hall–Kier alpha value is -3.59. The fourth-order valence-electron chi connectivity index (χ4n) is 2.65. The number of nitrogens with one attached hydrogen (secondary N) is 1. The molecule has 1 amide bonds. The molecule has 1 fully saturated rings. The summed E-state index contributed by atoms with van der Waals surface area (Å²) < 4.78 is 5.21. The van der Waals surface area contributed by atoms with Crippen molar-refractivity contribution in [3.63, 3.8) is 0 Å². The maximum Gasteiger partial charge on any atom is 0.335 e. The van der Waals surface area contributed by atoms with Gasteiger partial charge in [-0.1, -0.05) is 12.1 Å². The van der Waals surface area contributed by atoms with Crippen LogP contribution in [-0.2, 0) is 4.79 Å². The van der Waals surface area contributed by atoms with Crippen LogP contribution in [0.3, 0.4) is 0 Å². The minimum Gasteiger partial charge on any atom is -0.497 e. The van der Waals surface area contributed by atoms with Crippen LogP contribution in [0.1, 0.15) is 33.2 Å². The minimum absolute atomic E-state index is 0.116. The second-order valence-corrected chi connectivity index (χ2v) is 7.04. The van der Waals surface area contributed by atoms with Crippen LogP contribution < -0.4 is 10.1 Å². The number of thioether (sulfide) groups is 1. The lowest BCUT2D eigenvalue weighted by atomic mass is 10.1. The standard InChI is InChI=1S/C20H16N2O6S/c1-10(11-4-3-5-15(9-11)28-2)16-17(23)22-20(29-16)21-14-7-12(18(24)25)6-13(8-14)19(26)27/h3-9H,1-2H3,(H,24,25)(H,26,27)(H,21,22,23)/b16-10-. The van der Waals surface area contributed by atoms with E-state index in [0.717, 1.165) is 29.0 Å². The Bertz CT molecular complexity index is 1060. The van der Waals surface area contributed by atoms with Crippen molar-refractivity contribution in [1.29, 1.82) is 0 Å². The summed E-state index contributed by atoms with van der Waals surface area (Å²) in [6, 6.07) is 10.8. The molecule has 148 valence electrons. The summed E-state index contributed by atoms with van der Waals surface area (Å²) >= 11 is 1.09. The maximum atomic E-state index is 12.4. The first-order valence-corrected chi connectivity index (χ1v) is 9.15. The van der Waals surface area contributed by atoms with Gasteiger partial charge in [-0.2, -0.15) is 0 Å². The highest BCUT2D eigenvalue weighted by Crippen LogP contribution is 2.34. The molecule has 3 N–H and O–H groups in total. The predicted molar refractivity (Wildman–Crippen MR) is 109 cm³/mol. The molecule has 1 aliphatic rings. The summed E-state index contributed by atoms with van der Waals surface area (Å²) in [6.45, 7) is 1.80. The third kappa shape index (κ3) is 4.46. The number of benzene rings is 2. The molecule has 0 saturated carbocycles. The molecule has 29 heavy (non-hydrogen) atoms. The number of aliphatic imine (C=N–C) groups is 1. The van der Waals surface area contributed by atoms with Crippen LogP contribution in [0.25, 0.3) is 5.57 Å². The quantitative estimate of drug-likeness (QED) is 0.643. The van der Waals surface area contributed by atoms with Crippen molar-refractivity contribution in [2.45, 2.75) is 6.92 Å². The molecule has 0 aliphatic carbocycles. The largest absolute Gasteiger partial charge is 0.497 e. The first kappa shape index (κ1) is 20.2. The molecule has 1 heterocycles. The number of carbonyl (C=O) groups excluding carboxylic acids is 1. The number of ether oxygens (including phenoxy) is 1. The van der Waals surface area contributed by atoms with Crippen LogP contribution in [0.2, 0.25) is 0 Å². The lowest BCUT2D eigenvalue weighted by molar-refractivity contribution is -0.115. The Balaban J connectivity index is 1.96. The van der Waals surface area contributed by atoms with Gasteiger partial charge in [0.25, 0.3) is 5.91 Å². The van der Waals surface area contributed by atoms with E-state index < -0.39 is 11.9 Å². The van der Waals surface area contributed by atoms with Crippen LogP contribution in [0.5, 0.6) is 5.75 Å². The molecule has 0 radical (unpaired) electrons. The Morgan fingerprint density at radius 2 is 1.69 bits per heavy atom. The molecule has 8 nitrogen and oxygen atoms in total. The van der Waals surface area contributed by atoms with Crippen LogP contribution in [-0.4, -0.2) is 40.3 Å². The van der Waals surface area contributed by atoms with Crippen LogP contribution in [0.4, 0.5) is 5.69 Å². The number of amidine groups is 1. The van der Waals surface area contributed by atoms with Gasteiger partial charge in [-0.3, -0.25) is 4.79 Å². The van der Waals surface area contributed by atoms with Gasteiger partial charge in [0.05, 0.1) is 28.8 Å². The van der Waals surface area contributed by atoms with Gasteiger partial charge in [-0.25, -0.2) is 14.6 Å². The summed E-state index contributed by atoms with van der Waals surface area (Å²) in [6.07, 6.45) is 0. The second-order valence-electron chi connectivity index (χ2n) is 6.04. The van der Waals surface area contributed by atoms with Crippen molar-refractivity contribution >= 4 is 46.0 Å². The van der Waals surface area contributed by atoms with E-state index in [2.05, 4.69) is 10.3 Å². The van der Waals surface area contributed by atoms with E-state index in [1.54, 1.807) is 26.2 Å². The smallest absolute Gasteiger partial charge is 0.335 e. The number of methoxy groups -OCH3 is 1.